The molecule has 316 valence electrons. The molecule has 56 heavy (non-hydrogen) atoms. The van der Waals surface area contributed by atoms with Crippen molar-refractivity contribution in [2.45, 2.75) is 151 Å². The lowest BCUT2D eigenvalue weighted by Crippen LogP contribution is -2.24. The van der Waals surface area contributed by atoms with Crippen molar-refractivity contribution in [3.8, 4) is 11.5 Å². The van der Waals surface area contributed by atoms with Crippen LogP contribution in [0, 0.1) is 0 Å². The van der Waals surface area contributed by atoms with Crippen molar-refractivity contribution in [3.63, 3.8) is 0 Å². The summed E-state index contributed by atoms with van der Waals surface area (Å²) < 4.78 is 64.5. The first kappa shape index (κ1) is 50.1. The Morgan fingerprint density at radius 2 is 1.14 bits per heavy atom. The lowest BCUT2D eigenvalue weighted by Gasteiger charge is -2.31. The summed E-state index contributed by atoms with van der Waals surface area (Å²) in [6.45, 7) is 32.7. The van der Waals surface area contributed by atoms with Gasteiger partial charge in [0.15, 0.2) is 5.40 Å². The van der Waals surface area contributed by atoms with Gasteiger partial charge in [0.25, 0.3) is 18.1 Å². The molecule has 2 aromatic carbocycles. The number of carbonyl (C=O) groups is 1. The average molecular weight is 852 g/mol. The van der Waals surface area contributed by atoms with Gasteiger partial charge in [0.1, 0.15) is 11.5 Å². The zero-order valence-electron chi connectivity index (χ0n) is 37.2. The van der Waals surface area contributed by atoms with Crippen molar-refractivity contribution in [3.05, 3.63) is 52.6 Å². The van der Waals surface area contributed by atoms with Crippen molar-refractivity contribution in [1.29, 1.82) is 0 Å². The Morgan fingerprint density at radius 1 is 0.679 bits per heavy atom. The van der Waals surface area contributed by atoms with Gasteiger partial charge in [-0.15, -0.1) is 0 Å². The minimum atomic E-state index is -4.04. The van der Waals surface area contributed by atoms with E-state index < -0.39 is 38.7 Å². The second-order valence-corrected chi connectivity index (χ2v) is 25.0. The molecule has 0 heterocycles. The number of nitrogens with one attached hydrogen (secondary N) is 1. The van der Waals surface area contributed by atoms with E-state index in [1.165, 1.54) is 5.56 Å². The molecule has 0 saturated heterocycles. The SMILES string of the molecule is CCOP(=O)(OCC)C(CCC(=O)Nc1c(C(C)(C)C)ccc(C(CC)=C(CC)c2ccc(C(C)(C)C)cc2O[Si](C)C)c1O[Si](C)C)P(=O)(OCC)OCC. The van der Waals surface area contributed by atoms with E-state index in [4.69, 9.17) is 26.9 Å². The van der Waals surface area contributed by atoms with Gasteiger partial charge in [0.2, 0.25) is 5.91 Å². The molecule has 1 amide bonds. The van der Waals surface area contributed by atoms with Crippen LogP contribution in [0.1, 0.15) is 131 Å². The number of carbonyl (C=O) groups excluding carboxylic acids is 1. The molecule has 14 heteroatoms. The van der Waals surface area contributed by atoms with E-state index in [1.54, 1.807) is 27.7 Å². The van der Waals surface area contributed by atoms with Crippen LogP contribution in [0.2, 0.25) is 26.2 Å². The van der Waals surface area contributed by atoms with Gasteiger partial charge in [-0.05, 0) is 112 Å². The lowest BCUT2D eigenvalue weighted by atomic mass is 9.82. The molecule has 0 spiro atoms. The summed E-state index contributed by atoms with van der Waals surface area (Å²) in [6.07, 6.45) is 1.19. The van der Waals surface area contributed by atoms with Gasteiger partial charge in [0.05, 0.1) is 32.1 Å². The molecule has 0 fully saturated rings. The summed E-state index contributed by atoms with van der Waals surface area (Å²) >= 11 is 0. The molecule has 2 rings (SSSR count). The van der Waals surface area contributed by atoms with Gasteiger partial charge in [-0.2, -0.15) is 0 Å². The number of hydrogen-bond donors (Lipinski definition) is 1. The molecule has 0 unspecified atom stereocenters. The Hall–Kier alpha value is -2.02. The van der Waals surface area contributed by atoms with Crippen LogP contribution in [0.25, 0.3) is 11.1 Å². The first-order valence-corrected chi connectivity index (χ1v) is 28.2. The Balaban J connectivity index is 2.90. The first-order chi connectivity index (χ1) is 26.1. The van der Waals surface area contributed by atoms with Gasteiger partial charge in [-0.25, -0.2) is 0 Å². The predicted octanol–water partition coefficient (Wildman–Crippen LogP) is 12.8. The topological polar surface area (TPSA) is 119 Å². The molecule has 0 aromatic heterocycles. The summed E-state index contributed by atoms with van der Waals surface area (Å²) in [7, 11) is -10.5. The number of rotatable bonds is 22. The van der Waals surface area contributed by atoms with Gasteiger partial charge in [-0.1, -0.05) is 79.7 Å². The number of allylic oxidation sites excluding steroid dienone is 2. The van der Waals surface area contributed by atoms with E-state index in [0.29, 0.717) is 17.9 Å². The van der Waals surface area contributed by atoms with Crippen LogP contribution in [0.4, 0.5) is 5.69 Å². The van der Waals surface area contributed by atoms with Crippen molar-refractivity contribution >= 4 is 56.0 Å². The fourth-order valence-electron chi connectivity index (χ4n) is 6.64. The lowest BCUT2D eigenvalue weighted by molar-refractivity contribution is -0.116. The summed E-state index contributed by atoms with van der Waals surface area (Å²) in [5.74, 6) is 1.14. The highest BCUT2D eigenvalue weighted by Gasteiger charge is 2.50. The Kier molecular flexibility index (Phi) is 19.5. The summed E-state index contributed by atoms with van der Waals surface area (Å²) in [5.41, 5.74) is 6.53. The Labute approximate surface area is 342 Å². The third kappa shape index (κ3) is 13.3. The second-order valence-electron chi connectivity index (χ2n) is 16.1. The Bertz CT molecular complexity index is 1680. The molecule has 0 atom stereocenters. The van der Waals surface area contributed by atoms with Crippen LogP contribution < -0.4 is 14.2 Å². The van der Waals surface area contributed by atoms with Crippen molar-refractivity contribution in [1.82, 2.24) is 0 Å². The minimum Gasteiger partial charge on any atom is -0.542 e. The monoisotopic (exact) mass is 851 g/mol. The Morgan fingerprint density at radius 3 is 1.55 bits per heavy atom. The normalized spacial score (nSPS) is 13.4. The van der Waals surface area contributed by atoms with Gasteiger partial charge in [0, 0.05) is 17.5 Å². The molecule has 0 aliphatic heterocycles. The summed E-state index contributed by atoms with van der Waals surface area (Å²) in [6, 6.07) is 10.8. The molecular weight excluding hydrogens is 781 g/mol. The van der Waals surface area contributed by atoms with Crippen LogP contribution in [-0.2, 0) is 42.8 Å². The standard InChI is InChI=1S/C42H71NO9P2Si2/c1-17-31(33-24-23-30(41(7,8)9)29-36(33)51-55(13)14)32(18-2)34-25-26-35(42(10,11)12)39(40(34)52-56(15)16)43-37(44)27-28-38(53(45,47-19-3)48-20-4)54(46,49-21-5)50-22-6/h23-26,29,38H,17-22,27-28H2,1-16H3,(H,43,44). The third-order valence-electron chi connectivity index (χ3n) is 9.02. The highest BCUT2D eigenvalue weighted by Crippen LogP contribution is 2.71. The van der Waals surface area contributed by atoms with Crippen molar-refractivity contribution in [2.24, 2.45) is 0 Å². The minimum absolute atomic E-state index is 0.0434. The number of benzene rings is 2. The predicted molar refractivity (Wildman–Crippen MR) is 237 cm³/mol. The third-order valence-corrected chi connectivity index (χ3v) is 16.4. The maximum atomic E-state index is 14.2. The first-order valence-electron chi connectivity index (χ1n) is 20.1. The van der Waals surface area contributed by atoms with Gasteiger partial charge < -0.3 is 32.3 Å². The fourth-order valence-corrected chi connectivity index (χ4v) is 13.2. The van der Waals surface area contributed by atoms with Gasteiger partial charge >= 0.3 is 15.2 Å². The molecule has 0 bridgehead atoms. The fraction of sp³-hybridized carbons (Fsp3) is 0.643. The average Bonchev–Trinajstić information content (AvgIpc) is 3.07. The molecule has 2 radical (unpaired) electrons. The summed E-state index contributed by atoms with van der Waals surface area (Å²) in [4.78, 5) is 14.2. The molecule has 0 saturated carbocycles. The zero-order valence-corrected chi connectivity index (χ0v) is 41.0. The molecule has 0 aliphatic carbocycles. The van der Waals surface area contributed by atoms with Crippen LogP contribution in [0.3, 0.4) is 0 Å². The quantitative estimate of drug-likeness (QED) is 0.0701. The maximum absolute atomic E-state index is 14.2. The highest BCUT2D eigenvalue weighted by atomic mass is 31.2. The highest BCUT2D eigenvalue weighted by molar-refractivity contribution is 7.72. The number of anilines is 1. The smallest absolute Gasteiger partial charge is 0.345 e. The maximum Gasteiger partial charge on any atom is 0.345 e. The van der Waals surface area contributed by atoms with E-state index in [9.17, 15) is 13.9 Å². The van der Waals surface area contributed by atoms with Crippen molar-refractivity contribution < 1.29 is 40.9 Å². The van der Waals surface area contributed by atoms with E-state index in [1.807, 2.05) is 0 Å². The van der Waals surface area contributed by atoms with Crippen LogP contribution in [0.15, 0.2) is 30.3 Å². The number of hydrogen-bond acceptors (Lipinski definition) is 9. The second kappa shape index (κ2) is 21.8. The van der Waals surface area contributed by atoms with Crippen LogP contribution in [-0.4, -0.2) is 55.8 Å². The van der Waals surface area contributed by atoms with Gasteiger partial charge in [-0.3, -0.25) is 13.9 Å². The van der Waals surface area contributed by atoms with E-state index in [-0.39, 0.29) is 56.0 Å². The molecular formula is C42H71NO9P2Si2. The van der Waals surface area contributed by atoms with E-state index >= 15 is 0 Å². The van der Waals surface area contributed by atoms with Crippen LogP contribution in [0.5, 0.6) is 11.5 Å². The molecule has 10 nitrogen and oxygen atoms in total. The van der Waals surface area contributed by atoms with E-state index in [2.05, 4.69) is 117 Å². The van der Waals surface area contributed by atoms with E-state index in [0.717, 1.165) is 40.0 Å². The zero-order chi connectivity index (χ0) is 42.6. The number of amides is 1. The summed E-state index contributed by atoms with van der Waals surface area (Å²) in [5, 5.41) is 1.92. The largest absolute Gasteiger partial charge is 0.542 e. The molecule has 0 aliphatic rings. The molecule has 2 aromatic rings. The van der Waals surface area contributed by atoms with Crippen molar-refractivity contribution in [2.75, 3.05) is 31.7 Å². The van der Waals surface area contributed by atoms with Crippen LogP contribution >= 0.6 is 15.2 Å². The molecule has 1 N–H and O–H groups in total.